The standard InChI is InChI=1S/C79H109N21O19S2/c1-37(2)22-51-67(107)85-32-62(103)88-50(19-20-61(81)102)68(108)91-52(23-38(3)4)73(113)97-64(39(5)6)77(117)94-54(25-43-30-84-49-17-12-10-15-47(43)49)70(110)96-58-35-121-120-34-57(74(114)87-40(7)66(106)89-53(24-42-29-83-48-16-11-9-14-46(42)48)69(109)92-55(71(111)90-51)27-45-31-82-36-86-45)95-72(112)56(28-63(104)105)93-76(116)60-26-44(80)33-100(60)78(118)59-18-13-21-99(59)79(119)65(41(8)101)98-75(58)115/h9-12,14-17,29-31,36-41,44,50-60,64-65,83-84,101H,13,18-28,32-35,80H2,1-8H3,(H2,81,102)(H,82,86)(H,85,107)(H,87,114)(H,88,103)(H,89,106)(H,90,111)(H,91,108)(H,92,109)(H,93,116)(H,94,117)(H,95,112)(H,96,110)(H,97,113)(H,98,115)(H,104,105)/t40-,41+,44-,50-,51-,52-,53-,54-,55-,56-,57-,58-,59+,60-,64-,65-/m0/s1. The average Bonchev–Trinajstić information content (AvgIpc) is 1.66. The number of carbonyl (C=O) groups is 17. The van der Waals surface area contributed by atoms with Crippen molar-refractivity contribution in [2.24, 2.45) is 29.2 Å². The molecule has 16 amide bonds. The number of nitrogens with two attached hydrogens (primary N) is 2. The van der Waals surface area contributed by atoms with Gasteiger partial charge >= 0.3 is 5.97 Å². The van der Waals surface area contributed by atoms with Gasteiger partial charge in [-0.3, -0.25) is 81.5 Å². The molecule has 16 atom stereocenters. The molecule has 121 heavy (non-hydrogen) atoms. The van der Waals surface area contributed by atoms with Gasteiger partial charge in [0.25, 0.3) is 0 Å². The number of nitrogens with one attached hydrogen (secondary N) is 16. The molecule has 0 aliphatic carbocycles. The molecule has 4 aliphatic rings. The Bertz CT molecular complexity index is 4630. The van der Waals surface area contributed by atoms with Crippen molar-refractivity contribution in [2.45, 2.75) is 223 Å². The van der Waals surface area contributed by atoms with Crippen molar-refractivity contribution in [1.29, 1.82) is 0 Å². The second-order valence-corrected chi connectivity index (χ2v) is 34.6. The van der Waals surface area contributed by atoms with Crippen molar-refractivity contribution in [1.82, 2.24) is 98.9 Å². The summed E-state index contributed by atoms with van der Waals surface area (Å²) in [5.74, 6) is -20.0. The van der Waals surface area contributed by atoms with Crippen LogP contribution in [0.5, 0.6) is 0 Å². The van der Waals surface area contributed by atoms with Gasteiger partial charge in [-0.1, -0.05) is 99.5 Å². The molecule has 2 aromatic carbocycles. The fourth-order valence-corrected chi connectivity index (χ4v) is 17.1. The molecular weight excluding hydrogens is 1610 g/mol. The number of H-pyrrole nitrogens is 3. The topological polar surface area (TPSA) is 606 Å². The van der Waals surface area contributed by atoms with Crippen molar-refractivity contribution in [3.05, 3.63) is 90.3 Å². The molecule has 9 rings (SSSR count). The normalized spacial score (nSPS) is 27.0. The number of nitrogens with zero attached hydrogens (tertiary/aromatic N) is 3. The van der Waals surface area contributed by atoms with Crippen LogP contribution in [-0.4, -0.2) is 268 Å². The van der Waals surface area contributed by atoms with E-state index in [9.17, 15) is 67.7 Å². The Morgan fingerprint density at radius 3 is 1.57 bits per heavy atom. The first kappa shape index (κ1) is 93.2. The number of hydrogen-bond acceptors (Lipinski definition) is 22. The summed E-state index contributed by atoms with van der Waals surface area (Å²) in [6.07, 6.45) is 1.16. The SMILES string of the molecule is CC(C)C[C@@H]1NC(=O)[C@H](Cc2cnc[nH]2)NC(=O)[C@H](Cc2c[nH]c3ccccc23)NC(=O)[C@H](C)NC(=O)[C@@H]2CSSC[C@H](NC(=O)[C@H](Cc3c[nH]c4ccccc34)NC(=O)[C@H](C(C)C)NC(=O)[C@H](CC(C)C)NC(=O)[C@H](CCC(N)=O)NC(=O)CNC1=O)C(=O)N[C@@H]([C@@H](C)O)C(=O)N1CCC[C@@H]1C(=O)N1C[C@@H](N)C[C@H]1C(=O)N[C@@H](CC(=O)O)C(=O)N2. The number of carboxylic acids is 1. The van der Waals surface area contributed by atoms with Crippen molar-refractivity contribution >= 4 is 144 Å². The summed E-state index contributed by atoms with van der Waals surface area (Å²) < 4.78 is 0. The largest absolute Gasteiger partial charge is 0.481 e. The van der Waals surface area contributed by atoms with E-state index in [0.29, 0.717) is 38.6 Å². The molecular formula is C79H109N21O19S2. The number of aromatic nitrogens is 4. The maximum absolute atomic E-state index is 15.5. The number of primary amides is 1. The number of rotatable bonds is 17. The number of fused-ring (bicyclic) bond motifs is 9. The van der Waals surface area contributed by atoms with E-state index in [2.05, 4.69) is 89.1 Å². The molecule has 4 saturated heterocycles. The third kappa shape index (κ3) is 25.7. The van der Waals surface area contributed by atoms with E-state index < -0.39 is 240 Å². The summed E-state index contributed by atoms with van der Waals surface area (Å²) in [4.78, 5) is 263. The van der Waals surface area contributed by atoms with Crippen LogP contribution in [0.1, 0.15) is 124 Å². The van der Waals surface area contributed by atoms with Crippen LogP contribution in [0.4, 0.5) is 0 Å². The molecule has 656 valence electrons. The highest BCUT2D eigenvalue weighted by atomic mass is 33.1. The fraction of sp³-hybridized carbons (Fsp3) is 0.544. The molecule has 2 bridgehead atoms. The van der Waals surface area contributed by atoms with Crippen LogP contribution < -0.4 is 80.6 Å². The fourth-order valence-electron chi connectivity index (χ4n) is 14.8. The Labute approximate surface area is 704 Å². The Kier molecular flexibility index (Phi) is 33.1. The number of aromatic amines is 3. The lowest BCUT2D eigenvalue weighted by Crippen LogP contribution is -2.63. The summed E-state index contributed by atoms with van der Waals surface area (Å²) in [5, 5.41) is 56.9. The van der Waals surface area contributed by atoms with Crippen molar-refractivity contribution in [3.63, 3.8) is 0 Å². The minimum absolute atomic E-state index is 0.0172. The molecule has 0 saturated carbocycles. The molecule has 3 aromatic heterocycles. The quantitative estimate of drug-likeness (QED) is 0.0403. The smallest absolute Gasteiger partial charge is 0.305 e. The van der Waals surface area contributed by atoms with Crippen LogP contribution in [0.25, 0.3) is 21.8 Å². The molecule has 4 fully saturated rings. The van der Waals surface area contributed by atoms with Crippen LogP contribution in [0, 0.1) is 17.8 Å². The predicted octanol–water partition coefficient (Wildman–Crippen LogP) is -3.45. The zero-order chi connectivity index (χ0) is 88.2. The zero-order valence-corrected chi connectivity index (χ0v) is 70.0. The number of aliphatic hydroxyl groups is 1. The van der Waals surface area contributed by atoms with E-state index in [-0.39, 0.29) is 76.3 Å². The van der Waals surface area contributed by atoms with E-state index in [1.807, 2.05) is 0 Å². The summed E-state index contributed by atoms with van der Waals surface area (Å²) >= 11 is 0. The molecule has 0 unspecified atom stereocenters. The Balaban J connectivity index is 1.14. The number of aliphatic hydroxyl groups excluding tert-OH is 1. The average molecular weight is 1720 g/mol. The predicted molar refractivity (Wildman–Crippen MR) is 442 cm³/mol. The number of amides is 16. The number of benzene rings is 2. The summed E-state index contributed by atoms with van der Waals surface area (Å²) in [6, 6.07) is -9.63. The lowest BCUT2D eigenvalue weighted by molar-refractivity contribution is -0.149. The van der Waals surface area contributed by atoms with Crippen molar-refractivity contribution in [2.75, 3.05) is 31.1 Å². The van der Waals surface area contributed by atoms with E-state index in [1.165, 1.54) is 26.4 Å². The molecule has 0 radical (unpaired) electrons. The van der Waals surface area contributed by atoms with Gasteiger partial charge < -0.3 is 116 Å². The van der Waals surface area contributed by atoms with Gasteiger partial charge in [-0.05, 0) is 93.4 Å². The monoisotopic (exact) mass is 1720 g/mol. The van der Waals surface area contributed by atoms with E-state index in [0.717, 1.165) is 31.4 Å². The van der Waals surface area contributed by atoms with E-state index in [1.54, 1.807) is 102 Å². The molecule has 40 nitrogen and oxygen atoms in total. The van der Waals surface area contributed by atoms with Crippen LogP contribution in [0.3, 0.4) is 0 Å². The van der Waals surface area contributed by atoms with Gasteiger partial charge in [-0.15, -0.1) is 0 Å². The van der Waals surface area contributed by atoms with Gasteiger partial charge in [0.1, 0.15) is 84.6 Å². The van der Waals surface area contributed by atoms with Gasteiger partial charge in [0.05, 0.1) is 25.4 Å². The maximum Gasteiger partial charge on any atom is 0.305 e. The number of para-hydroxylation sites is 2. The number of carboxylic acid groups (broad SMARTS) is 1. The Morgan fingerprint density at radius 1 is 0.529 bits per heavy atom. The highest BCUT2D eigenvalue weighted by Crippen LogP contribution is 2.29. The first-order valence-corrected chi connectivity index (χ1v) is 42.7. The molecule has 42 heteroatoms. The first-order valence-electron chi connectivity index (χ1n) is 40.2. The zero-order valence-electron chi connectivity index (χ0n) is 68.4. The second kappa shape index (κ2) is 43.0. The number of hydrogen-bond donors (Lipinski definition) is 20. The van der Waals surface area contributed by atoms with Crippen LogP contribution in [-0.2, 0) is 101 Å². The number of imidazole rings is 1. The molecule has 22 N–H and O–H groups in total. The van der Waals surface area contributed by atoms with Crippen molar-refractivity contribution in [3.8, 4) is 0 Å². The van der Waals surface area contributed by atoms with Crippen LogP contribution in [0.2, 0.25) is 0 Å². The number of carbonyl (C=O) groups excluding carboxylic acids is 16. The van der Waals surface area contributed by atoms with Crippen LogP contribution >= 0.6 is 21.6 Å². The highest BCUT2D eigenvalue weighted by Gasteiger charge is 2.48. The number of aliphatic carboxylic acids is 1. The van der Waals surface area contributed by atoms with Gasteiger partial charge in [0.15, 0.2) is 0 Å². The Hall–Kier alpha value is -11.7. The summed E-state index contributed by atoms with van der Waals surface area (Å²) in [7, 11) is 1.57. The molecule has 7 heterocycles. The lowest BCUT2D eigenvalue weighted by Gasteiger charge is -2.34. The van der Waals surface area contributed by atoms with Gasteiger partial charge in [-0.25, -0.2) is 4.98 Å². The minimum Gasteiger partial charge on any atom is -0.481 e. The first-order chi connectivity index (χ1) is 57.4. The summed E-state index contributed by atoms with van der Waals surface area (Å²) in [6.45, 7) is 11.3. The van der Waals surface area contributed by atoms with Crippen LogP contribution in [0.15, 0.2) is 73.4 Å². The van der Waals surface area contributed by atoms with Gasteiger partial charge in [0.2, 0.25) is 94.5 Å². The van der Waals surface area contributed by atoms with E-state index >= 15 is 24.0 Å². The van der Waals surface area contributed by atoms with Gasteiger partial charge in [0, 0.05) is 102 Å². The summed E-state index contributed by atoms with van der Waals surface area (Å²) in [5.41, 5.74) is 14.5. The molecule has 0 spiro atoms. The second-order valence-electron chi connectivity index (χ2n) is 32.0. The Morgan fingerprint density at radius 2 is 1.02 bits per heavy atom. The molecule has 4 aliphatic heterocycles. The maximum atomic E-state index is 15.5. The lowest BCUT2D eigenvalue weighted by atomic mass is 9.98. The van der Waals surface area contributed by atoms with E-state index in [4.69, 9.17) is 11.5 Å². The highest BCUT2D eigenvalue weighted by molar-refractivity contribution is 8.76. The van der Waals surface area contributed by atoms with Gasteiger partial charge in [-0.2, -0.15) is 0 Å². The molecule has 5 aromatic rings. The third-order valence-electron chi connectivity index (χ3n) is 21.1. The minimum atomic E-state index is -1.99. The van der Waals surface area contributed by atoms with Crippen molar-refractivity contribution < 1.29 is 91.7 Å². The third-order valence-corrected chi connectivity index (χ3v) is 23.5.